The molecule has 3 rings (SSSR count). The molecule has 138 valence electrons. The number of para-hydroxylation sites is 1. The van der Waals surface area contributed by atoms with Crippen LogP contribution >= 0.6 is 0 Å². The largest absolute Gasteiger partial charge is 0.497 e. The highest BCUT2D eigenvalue weighted by atomic mass is 16.5. The number of urea groups is 1. The number of amides is 2. The average molecular weight is 362 g/mol. The van der Waals surface area contributed by atoms with Gasteiger partial charge in [0.05, 0.1) is 7.11 Å². The van der Waals surface area contributed by atoms with Crippen molar-refractivity contribution >= 4 is 11.7 Å². The fourth-order valence-corrected chi connectivity index (χ4v) is 2.52. The molecule has 0 fully saturated rings. The molecule has 0 saturated heterocycles. The fourth-order valence-electron chi connectivity index (χ4n) is 2.52. The van der Waals surface area contributed by atoms with E-state index in [0.717, 1.165) is 23.5 Å². The Balaban J connectivity index is 1.43. The normalized spacial score (nSPS) is 10.1. The molecular formula is C22H22N2O3. The molecule has 0 aliphatic rings. The predicted molar refractivity (Wildman–Crippen MR) is 107 cm³/mol. The highest BCUT2D eigenvalue weighted by Crippen LogP contribution is 2.22. The van der Waals surface area contributed by atoms with E-state index in [4.69, 9.17) is 9.47 Å². The lowest BCUT2D eigenvalue weighted by Gasteiger charge is -2.09. The van der Waals surface area contributed by atoms with E-state index in [1.54, 1.807) is 19.2 Å². The maximum absolute atomic E-state index is 12.0. The molecule has 0 radical (unpaired) electrons. The van der Waals surface area contributed by atoms with Crippen LogP contribution in [-0.4, -0.2) is 19.7 Å². The smallest absolute Gasteiger partial charge is 0.319 e. The lowest BCUT2D eigenvalue weighted by Crippen LogP contribution is -2.30. The summed E-state index contributed by atoms with van der Waals surface area (Å²) in [6.45, 7) is 0.549. The summed E-state index contributed by atoms with van der Waals surface area (Å²) in [6, 6.07) is 24.4. The zero-order chi connectivity index (χ0) is 18.9. The molecule has 0 heterocycles. The van der Waals surface area contributed by atoms with Gasteiger partial charge in [0, 0.05) is 12.2 Å². The third-order valence-corrected chi connectivity index (χ3v) is 3.95. The molecule has 2 amide bonds. The quantitative estimate of drug-likeness (QED) is 0.631. The van der Waals surface area contributed by atoms with E-state index >= 15 is 0 Å². The summed E-state index contributed by atoms with van der Waals surface area (Å²) in [7, 11) is 1.64. The van der Waals surface area contributed by atoms with Gasteiger partial charge in [0.2, 0.25) is 0 Å². The minimum atomic E-state index is -0.236. The predicted octanol–water partition coefficient (Wildman–Crippen LogP) is 4.85. The summed E-state index contributed by atoms with van der Waals surface area (Å²) in [6.07, 6.45) is 0.751. The van der Waals surface area contributed by atoms with Crippen molar-refractivity contribution in [2.75, 3.05) is 19.0 Å². The van der Waals surface area contributed by atoms with E-state index in [9.17, 15) is 4.79 Å². The van der Waals surface area contributed by atoms with E-state index in [0.29, 0.717) is 18.0 Å². The SMILES string of the molecule is COc1ccc(CCNC(=O)Nc2ccc(Oc3ccccc3)cc2)cc1. The van der Waals surface area contributed by atoms with Crippen LogP contribution in [0.4, 0.5) is 10.5 Å². The van der Waals surface area contributed by atoms with Crippen molar-refractivity contribution in [3.05, 3.63) is 84.4 Å². The van der Waals surface area contributed by atoms with Crippen molar-refractivity contribution < 1.29 is 14.3 Å². The number of methoxy groups -OCH3 is 1. The molecule has 3 aromatic rings. The minimum Gasteiger partial charge on any atom is -0.497 e. The van der Waals surface area contributed by atoms with Gasteiger partial charge in [0.1, 0.15) is 17.2 Å². The Labute approximate surface area is 158 Å². The molecule has 0 aliphatic heterocycles. The molecule has 2 N–H and O–H groups in total. The molecule has 0 aliphatic carbocycles. The van der Waals surface area contributed by atoms with Crippen molar-refractivity contribution in [2.24, 2.45) is 0 Å². The van der Waals surface area contributed by atoms with E-state index in [1.165, 1.54) is 0 Å². The van der Waals surface area contributed by atoms with Crippen LogP contribution in [0.25, 0.3) is 0 Å². The Kier molecular flexibility index (Phi) is 6.30. The van der Waals surface area contributed by atoms with Gasteiger partial charge in [-0.3, -0.25) is 0 Å². The molecule has 5 nitrogen and oxygen atoms in total. The zero-order valence-corrected chi connectivity index (χ0v) is 15.1. The molecule has 3 aromatic carbocycles. The summed E-state index contributed by atoms with van der Waals surface area (Å²) < 4.78 is 10.9. The topological polar surface area (TPSA) is 59.6 Å². The van der Waals surface area contributed by atoms with Gasteiger partial charge in [-0.05, 0) is 60.5 Å². The highest BCUT2D eigenvalue weighted by Gasteiger charge is 2.03. The van der Waals surface area contributed by atoms with Crippen LogP contribution in [0.15, 0.2) is 78.9 Å². The van der Waals surface area contributed by atoms with Crippen LogP contribution in [0.2, 0.25) is 0 Å². The van der Waals surface area contributed by atoms with Crippen LogP contribution in [0.5, 0.6) is 17.2 Å². The number of rotatable bonds is 7. The summed E-state index contributed by atoms with van der Waals surface area (Å²) in [5.74, 6) is 2.31. The second-order valence-electron chi connectivity index (χ2n) is 5.92. The lowest BCUT2D eigenvalue weighted by atomic mass is 10.1. The molecular weight excluding hydrogens is 340 g/mol. The first-order valence-corrected chi connectivity index (χ1v) is 8.74. The maximum atomic E-state index is 12.0. The van der Waals surface area contributed by atoms with Crippen molar-refractivity contribution in [2.45, 2.75) is 6.42 Å². The summed E-state index contributed by atoms with van der Waals surface area (Å²) in [5, 5.41) is 5.66. The Bertz CT molecular complexity index is 847. The number of anilines is 1. The van der Waals surface area contributed by atoms with Crippen LogP contribution < -0.4 is 20.1 Å². The second-order valence-corrected chi connectivity index (χ2v) is 5.92. The van der Waals surface area contributed by atoms with E-state index in [-0.39, 0.29) is 6.03 Å². The fraction of sp³-hybridized carbons (Fsp3) is 0.136. The number of hydrogen-bond acceptors (Lipinski definition) is 3. The number of hydrogen-bond donors (Lipinski definition) is 2. The highest BCUT2D eigenvalue weighted by molar-refractivity contribution is 5.89. The summed E-state index contributed by atoms with van der Waals surface area (Å²) in [5.41, 5.74) is 1.84. The number of benzene rings is 3. The first-order chi connectivity index (χ1) is 13.2. The number of carbonyl (C=O) groups is 1. The zero-order valence-electron chi connectivity index (χ0n) is 15.1. The van der Waals surface area contributed by atoms with E-state index < -0.39 is 0 Å². The van der Waals surface area contributed by atoms with Crippen LogP contribution in [-0.2, 0) is 6.42 Å². The molecule has 0 aromatic heterocycles. The third-order valence-electron chi connectivity index (χ3n) is 3.95. The number of ether oxygens (including phenoxy) is 2. The van der Waals surface area contributed by atoms with Gasteiger partial charge >= 0.3 is 6.03 Å². The Morgan fingerprint density at radius 1 is 0.815 bits per heavy atom. The lowest BCUT2D eigenvalue weighted by molar-refractivity contribution is 0.252. The average Bonchev–Trinajstić information content (AvgIpc) is 2.71. The second kappa shape index (κ2) is 9.29. The van der Waals surface area contributed by atoms with Gasteiger partial charge < -0.3 is 20.1 Å². The van der Waals surface area contributed by atoms with Gasteiger partial charge in [-0.2, -0.15) is 0 Å². The van der Waals surface area contributed by atoms with Crippen molar-refractivity contribution in [3.8, 4) is 17.2 Å². The maximum Gasteiger partial charge on any atom is 0.319 e. The summed E-state index contributed by atoms with van der Waals surface area (Å²) in [4.78, 5) is 12.0. The van der Waals surface area contributed by atoms with Gasteiger partial charge in [0.25, 0.3) is 0 Å². The molecule has 0 spiro atoms. The Morgan fingerprint density at radius 3 is 2.11 bits per heavy atom. The Hall–Kier alpha value is -3.47. The Morgan fingerprint density at radius 2 is 1.44 bits per heavy atom. The molecule has 0 saturated carbocycles. The van der Waals surface area contributed by atoms with Gasteiger partial charge in [-0.15, -0.1) is 0 Å². The first kappa shape index (κ1) is 18.3. The van der Waals surface area contributed by atoms with Gasteiger partial charge in [-0.25, -0.2) is 4.79 Å². The van der Waals surface area contributed by atoms with Crippen LogP contribution in [0.3, 0.4) is 0 Å². The number of nitrogens with one attached hydrogen (secondary N) is 2. The molecule has 0 bridgehead atoms. The van der Waals surface area contributed by atoms with Crippen molar-refractivity contribution in [1.29, 1.82) is 0 Å². The molecule has 5 heteroatoms. The van der Waals surface area contributed by atoms with Crippen molar-refractivity contribution in [3.63, 3.8) is 0 Å². The standard InChI is InChI=1S/C22H22N2O3/c1-26-19-11-7-17(8-12-19)15-16-23-22(25)24-18-9-13-21(14-10-18)27-20-5-3-2-4-6-20/h2-14H,15-16H2,1H3,(H2,23,24,25). The van der Waals surface area contributed by atoms with Crippen LogP contribution in [0.1, 0.15) is 5.56 Å². The molecule has 0 atom stereocenters. The van der Waals surface area contributed by atoms with Crippen LogP contribution in [0, 0.1) is 0 Å². The summed E-state index contributed by atoms with van der Waals surface area (Å²) >= 11 is 0. The van der Waals surface area contributed by atoms with E-state index in [2.05, 4.69) is 10.6 Å². The monoisotopic (exact) mass is 362 g/mol. The molecule has 0 unspecified atom stereocenters. The first-order valence-electron chi connectivity index (χ1n) is 8.74. The van der Waals surface area contributed by atoms with Gasteiger partial charge in [0.15, 0.2) is 0 Å². The molecule has 27 heavy (non-hydrogen) atoms. The minimum absolute atomic E-state index is 0.236. The van der Waals surface area contributed by atoms with Gasteiger partial charge in [-0.1, -0.05) is 30.3 Å². The van der Waals surface area contributed by atoms with Crippen molar-refractivity contribution in [1.82, 2.24) is 5.32 Å². The number of carbonyl (C=O) groups excluding carboxylic acids is 1. The van der Waals surface area contributed by atoms with E-state index in [1.807, 2.05) is 66.7 Å². The third kappa shape index (κ3) is 5.78.